The van der Waals surface area contributed by atoms with E-state index in [2.05, 4.69) is 10.6 Å². The zero-order chi connectivity index (χ0) is 16.2. The molecule has 0 spiro atoms. The maximum Gasteiger partial charge on any atom is 0.259 e. The highest BCUT2D eigenvalue weighted by Crippen LogP contribution is 2.20. The molecule has 0 fully saturated rings. The van der Waals surface area contributed by atoms with Gasteiger partial charge in [0.25, 0.3) is 5.91 Å². The first-order valence-electron chi connectivity index (χ1n) is 7.42. The summed E-state index contributed by atoms with van der Waals surface area (Å²) in [7, 11) is 0. The first-order chi connectivity index (χ1) is 11.1. The van der Waals surface area contributed by atoms with Gasteiger partial charge in [0.05, 0.1) is 5.56 Å². The highest BCUT2D eigenvalue weighted by molar-refractivity contribution is 6.05. The van der Waals surface area contributed by atoms with Crippen molar-refractivity contribution in [2.75, 3.05) is 10.6 Å². The van der Waals surface area contributed by atoms with Gasteiger partial charge >= 0.3 is 0 Å². The van der Waals surface area contributed by atoms with Gasteiger partial charge in [0.15, 0.2) is 0 Å². The van der Waals surface area contributed by atoms with Gasteiger partial charge in [-0.15, -0.1) is 0 Å². The molecule has 0 atom stereocenters. The van der Waals surface area contributed by atoms with Crippen molar-refractivity contribution in [2.24, 2.45) is 0 Å². The number of amides is 1. The lowest BCUT2D eigenvalue weighted by Gasteiger charge is -2.08. The summed E-state index contributed by atoms with van der Waals surface area (Å²) in [5, 5.41) is 6.18. The number of hydrogen-bond acceptors (Lipinski definition) is 3. The number of aryl methyl sites for hydroxylation is 2. The molecule has 0 radical (unpaired) electrons. The quantitative estimate of drug-likeness (QED) is 0.721. The molecular formula is C19H18N2O2. The molecule has 0 saturated heterocycles. The first kappa shape index (κ1) is 14.9. The second-order valence-electron chi connectivity index (χ2n) is 5.35. The van der Waals surface area contributed by atoms with Crippen LogP contribution in [0.3, 0.4) is 0 Å². The fourth-order valence-electron chi connectivity index (χ4n) is 2.38. The summed E-state index contributed by atoms with van der Waals surface area (Å²) in [6, 6.07) is 19.3. The van der Waals surface area contributed by atoms with Gasteiger partial charge in [0.2, 0.25) is 0 Å². The standard InChI is InChI=1S/C19H18N2O2/c1-13-12-18(14(2)23-13)19(22)21-17-10-8-16(9-11-17)20-15-6-4-3-5-7-15/h3-12,20H,1-2H3,(H,21,22). The molecule has 0 bridgehead atoms. The van der Waals surface area contributed by atoms with E-state index in [0.29, 0.717) is 11.3 Å². The minimum absolute atomic E-state index is 0.164. The number of hydrogen-bond donors (Lipinski definition) is 2. The van der Waals surface area contributed by atoms with Crippen LogP contribution in [0, 0.1) is 13.8 Å². The molecule has 4 nitrogen and oxygen atoms in total. The average molecular weight is 306 g/mol. The van der Waals surface area contributed by atoms with Gasteiger partial charge in [-0.1, -0.05) is 18.2 Å². The molecule has 1 heterocycles. The maximum absolute atomic E-state index is 12.2. The van der Waals surface area contributed by atoms with Crippen molar-refractivity contribution >= 4 is 23.0 Å². The van der Waals surface area contributed by atoms with Crippen molar-refractivity contribution in [3.63, 3.8) is 0 Å². The number of benzene rings is 2. The Bertz CT molecular complexity index is 805. The Morgan fingerprint density at radius 2 is 1.48 bits per heavy atom. The number of nitrogens with one attached hydrogen (secondary N) is 2. The Kier molecular flexibility index (Phi) is 4.15. The molecule has 3 aromatic rings. The summed E-state index contributed by atoms with van der Waals surface area (Å²) in [5.74, 6) is 1.19. The summed E-state index contributed by atoms with van der Waals surface area (Å²) in [6.45, 7) is 3.61. The molecule has 1 amide bonds. The first-order valence-corrected chi connectivity index (χ1v) is 7.42. The molecular weight excluding hydrogens is 288 g/mol. The molecule has 0 aliphatic carbocycles. The molecule has 2 N–H and O–H groups in total. The number of carbonyl (C=O) groups excluding carboxylic acids is 1. The van der Waals surface area contributed by atoms with Gasteiger partial charge in [0.1, 0.15) is 11.5 Å². The van der Waals surface area contributed by atoms with E-state index in [1.165, 1.54) is 0 Å². The van der Waals surface area contributed by atoms with Gasteiger partial charge in [-0.25, -0.2) is 0 Å². The lowest BCUT2D eigenvalue weighted by atomic mass is 10.2. The van der Waals surface area contributed by atoms with E-state index in [9.17, 15) is 4.79 Å². The Labute approximate surface area is 135 Å². The van der Waals surface area contributed by atoms with Crippen LogP contribution in [-0.2, 0) is 0 Å². The van der Waals surface area contributed by atoms with Crippen LogP contribution in [0.4, 0.5) is 17.1 Å². The van der Waals surface area contributed by atoms with Crippen molar-refractivity contribution in [1.29, 1.82) is 0 Å². The van der Waals surface area contributed by atoms with E-state index in [0.717, 1.165) is 22.8 Å². The van der Waals surface area contributed by atoms with Crippen molar-refractivity contribution in [3.05, 3.63) is 77.7 Å². The lowest BCUT2D eigenvalue weighted by molar-refractivity contribution is 0.102. The number of furan rings is 1. The summed E-state index contributed by atoms with van der Waals surface area (Å²) in [4.78, 5) is 12.2. The molecule has 116 valence electrons. The predicted molar refractivity (Wildman–Crippen MR) is 92.3 cm³/mol. The number of anilines is 3. The van der Waals surface area contributed by atoms with Crippen LogP contribution >= 0.6 is 0 Å². The van der Waals surface area contributed by atoms with E-state index >= 15 is 0 Å². The molecule has 0 saturated carbocycles. The Morgan fingerprint density at radius 1 is 0.870 bits per heavy atom. The number of para-hydroxylation sites is 1. The predicted octanol–water partition coefficient (Wildman–Crippen LogP) is 4.89. The van der Waals surface area contributed by atoms with E-state index in [1.54, 1.807) is 13.0 Å². The second-order valence-corrected chi connectivity index (χ2v) is 5.35. The average Bonchev–Trinajstić information content (AvgIpc) is 2.89. The molecule has 0 unspecified atom stereocenters. The SMILES string of the molecule is Cc1cc(C(=O)Nc2ccc(Nc3ccccc3)cc2)c(C)o1. The van der Waals surface area contributed by atoms with Crippen LogP contribution in [0.25, 0.3) is 0 Å². The van der Waals surface area contributed by atoms with Gasteiger partial charge in [-0.05, 0) is 56.3 Å². The fourth-order valence-corrected chi connectivity index (χ4v) is 2.38. The topological polar surface area (TPSA) is 54.3 Å². The minimum atomic E-state index is -0.164. The zero-order valence-electron chi connectivity index (χ0n) is 13.1. The van der Waals surface area contributed by atoms with Gasteiger partial charge in [0, 0.05) is 17.1 Å². The van der Waals surface area contributed by atoms with E-state index < -0.39 is 0 Å². The molecule has 0 aliphatic heterocycles. The number of carbonyl (C=O) groups is 1. The normalized spacial score (nSPS) is 10.3. The third kappa shape index (κ3) is 3.61. The number of rotatable bonds is 4. The van der Waals surface area contributed by atoms with Gasteiger partial charge in [-0.3, -0.25) is 4.79 Å². The van der Waals surface area contributed by atoms with Crippen LogP contribution in [0.1, 0.15) is 21.9 Å². The fraction of sp³-hybridized carbons (Fsp3) is 0.105. The minimum Gasteiger partial charge on any atom is -0.466 e. The van der Waals surface area contributed by atoms with Gasteiger partial charge in [-0.2, -0.15) is 0 Å². The van der Waals surface area contributed by atoms with Crippen molar-refractivity contribution in [2.45, 2.75) is 13.8 Å². The molecule has 1 aromatic heterocycles. The van der Waals surface area contributed by atoms with Gasteiger partial charge < -0.3 is 15.1 Å². The second kappa shape index (κ2) is 6.40. The highest BCUT2D eigenvalue weighted by Gasteiger charge is 2.13. The Hall–Kier alpha value is -3.01. The zero-order valence-corrected chi connectivity index (χ0v) is 13.1. The highest BCUT2D eigenvalue weighted by atomic mass is 16.3. The van der Waals surface area contributed by atoms with E-state index in [4.69, 9.17) is 4.42 Å². The summed E-state index contributed by atoms with van der Waals surface area (Å²) < 4.78 is 5.39. The van der Waals surface area contributed by atoms with Crippen LogP contribution in [0.5, 0.6) is 0 Å². The Morgan fingerprint density at radius 3 is 2.09 bits per heavy atom. The summed E-state index contributed by atoms with van der Waals surface area (Å²) in [6.07, 6.45) is 0. The molecule has 23 heavy (non-hydrogen) atoms. The smallest absolute Gasteiger partial charge is 0.259 e. The Balaban J connectivity index is 1.68. The third-order valence-electron chi connectivity index (χ3n) is 3.49. The van der Waals surface area contributed by atoms with E-state index in [-0.39, 0.29) is 5.91 Å². The van der Waals surface area contributed by atoms with Crippen molar-refractivity contribution < 1.29 is 9.21 Å². The maximum atomic E-state index is 12.2. The van der Waals surface area contributed by atoms with Crippen LogP contribution in [-0.4, -0.2) is 5.91 Å². The molecule has 4 heteroatoms. The largest absolute Gasteiger partial charge is 0.466 e. The monoisotopic (exact) mass is 306 g/mol. The lowest BCUT2D eigenvalue weighted by Crippen LogP contribution is -2.12. The summed E-state index contributed by atoms with van der Waals surface area (Å²) >= 11 is 0. The van der Waals surface area contributed by atoms with Crippen LogP contribution < -0.4 is 10.6 Å². The van der Waals surface area contributed by atoms with Crippen LogP contribution in [0.15, 0.2) is 65.1 Å². The van der Waals surface area contributed by atoms with E-state index in [1.807, 2.05) is 61.5 Å². The molecule has 3 rings (SSSR count). The third-order valence-corrected chi connectivity index (χ3v) is 3.49. The molecule has 2 aromatic carbocycles. The van der Waals surface area contributed by atoms with Crippen molar-refractivity contribution in [1.82, 2.24) is 0 Å². The molecule has 0 aliphatic rings. The summed E-state index contributed by atoms with van der Waals surface area (Å²) in [5.41, 5.74) is 3.29. The van der Waals surface area contributed by atoms with Crippen LogP contribution in [0.2, 0.25) is 0 Å². The van der Waals surface area contributed by atoms with Crippen molar-refractivity contribution in [3.8, 4) is 0 Å².